The molecule has 0 radical (unpaired) electrons. The molecule has 38 heavy (non-hydrogen) atoms. The number of nitrogens with one attached hydrogen (secondary N) is 2. The van der Waals surface area contributed by atoms with Gasteiger partial charge in [0.1, 0.15) is 6.04 Å². The minimum atomic E-state index is -0.863. The van der Waals surface area contributed by atoms with Crippen molar-refractivity contribution in [1.29, 1.82) is 0 Å². The lowest BCUT2D eigenvalue weighted by atomic mass is 9.83. The van der Waals surface area contributed by atoms with Crippen LogP contribution in [0, 0.1) is 17.3 Å². The SMILES string of the molecule is CCCC[C@@H](C[C@@H](CCc1ccc(CCc2ccccc2)cc1)C(=O)N[C@H](C(=O)NC)C(C)(C)C)C(=O)O. The predicted molar refractivity (Wildman–Crippen MR) is 153 cm³/mol. The molecule has 0 saturated carbocycles. The Labute approximate surface area is 228 Å². The van der Waals surface area contributed by atoms with Crippen molar-refractivity contribution >= 4 is 17.8 Å². The molecule has 3 N–H and O–H groups in total. The van der Waals surface area contributed by atoms with E-state index in [9.17, 15) is 19.5 Å². The molecule has 0 bridgehead atoms. The van der Waals surface area contributed by atoms with E-state index in [4.69, 9.17) is 0 Å². The minimum Gasteiger partial charge on any atom is -0.481 e. The summed E-state index contributed by atoms with van der Waals surface area (Å²) in [4.78, 5) is 38.0. The van der Waals surface area contributed by atoms with Crippen LogP contribution in [0.5, 0.6) is 0 Å². The minimum absolute atomic E-state index is 0.253. The van der Waals surface area contributed by atoms with E-state index >= 15 is 0 Å². The first-order valence-corrected chi connectivity index (χ1v) is 13.9. The monoisotopic (exact) mass is 522 g/mol. The molecule has 0 aliphatic heterocycles. The van der Waals surface area contributed by atoms with Crippen molar-refractivity contribution in [1.82, 2.24) is 10.6 Å². The van der Waals surface area contributed by atoms with Crippen LogP contribution in [0.4, 0.5) is 0 Å². The normalized spacial score (nSPS) is 13.8. The quantitative estimate of drug-likeness (QED) is 0.285. The third kappa shape index (κ3) is 10.3. The van der Waals surface area contributed by atoms with Crippen LogP contribution < -0.4 is 10.6 Å². The van der Waals surface area contributed by atoms with Gasteiger partial charge >= 0.3 is 5.97 Å². The van der Waals surface area contributed by atoms with Gasteiger partial charge in [0.25, 0.3) is 0 Å². The molecule has 2 rings (SSSR count). The van der Waals surface area contributed by atoms with Crippen LogP contribution in [0.2, 0.25) is 0 Å². The second kappa shape index (κ2) is 15.3. The Morgan fingerprint density at radius 2 is 1.34 bits per heavy atom. The van der Waals surface area contributed by atoms with Crippen molar-refractivity contribution in [2.75, 3.05) is 7.05 Å². The van der Waals surface area contributed by atoms with E-state index in [0.29, 0.717) is 19.3 Å². The van der Waals surface area contributed by atoms with E-state index < -0.39 is 29.3 Å². The van der Waals surface area contributed by atoms with Crippen LogP contribution in [0.15, 0.2) is 54.6 Å². The lowest BCUT2D eigenvalue weighted by Gasteiger charge is -2.31. The number of carboxylic acids is 1. The summed E-state index contributed by atoms with van der Waals surface area (Å²) in [7, 11) is 1.55. The Kier molecular flexibility index (Phi) is 12.5. The molecule has 0 aliphatic rings. The summed E-state index contributed by atoms with van der Waals surface area (Å²) in [5.41, 5.74) is 3.21. The number of benzene rings is 2. The fourth-order valence-corrected chi connectivity index (χ4v) is 4.72. The van der Waals surface area contributed by atoms with Crippen molar-refractivity contribution in [2.24, 2.45) is 17.3 Å². The molecule has 0 unspecified atom stereocenters. The molecule has 0 aliphatic carbocycles. The van der Waals surface area contributed by atoms with Gasteiger partial charge in [-0.3, -0.25) is 14.4 Å². The number of carboxylic acid groups (broad SMARTS) is 1. The molecule has 0 aromatic heterocycles. The number of hydrogen-bond acceptors (Lipinski definition) is 3. The second-order valence-electron chi connectivity index (χ2n) is 11.4. The first kappa shape index (κ1) is 31.1. The Bertz CT molecular complexity index is 1010. The zero-order chi connectivity index (χ0) is 28.1. The summed E-state index contributed by atoms with van der Waals surface area (Å²) in [6.07, 6.45) is 5.65. The number of carbonyl (C=O) groups excluding carboxylic acids is 2. The van der Waals surface area contributed by atoms with Crippen molar-refractivity contribution in [2.45, 2.75) is 85.1 Å². The molecule has 6 heteroatoms. The van der Waals surface area contributed by atoms with Crippen molar-refractivity contribution < 1.29 is 19.5 Å². The van der Waals surface area contributed by atoms with Gasteiger partial charge in [-0.2, -0.15) is 0 Å². The second-order valence-corrected chi connectivity index (χ2v) is 11.4. The third-order valence-electron chi connectivity index (χ3n) is 7.21. The Balaban J connectivity index is 2.12. The number of unbranched alkanes of at least 4 members (excludes halogenated alkanes) is 1. The molecule has 0 saturated heterocycles. The van der Waals surface area contributed by atoms with Crippen LogP contribution in [0.25, 0.3) is 0 Å². The van der Waals surface area contributed by atoms with E-state index in [2.05, 4.69) is 59.2 Å². The average Bonchev–Trinajstić information content (AvgIpc) is 2.90. The third-order valence-corrected chi connectivity index (χ3v) is 7.21. The van der Waals surface area contributed by atoms with Crippen LogP contribution in [0.1, 0.15) is 76.5 Å². The number of aryl methyl sites for hydroxylation is 3. The number of carbonyl (C=O) groups is 3. The molecule has 0 spiro atoms. The van der Waals surface area contributed by atoms with Gasteiger partial charge in [0.05, 0.1) is 5.92 Å². The van der Waals surface area contributed by atoms with Gasteiger partial charge in [-0.1, -0.05) is 95.1 Å². The number of amides is 2. The smallest absolute Gasteiger partial charge is 0.306 e. The van der Waals surface area contributed by atoms with Gasteiger partial charge in [-0.15, -0.1) is 0 Å². The van der Waals surface area contributed by atoms with Gasteiger partial charge in [-0.25, -0.2) is 0 Å². The zero-order valence-corrected chi connectivity index (χ0v) is 23.8. The molecular weight excluding hydrogens is 476 g/mol. The topological polar surface area (TPSA) is 95.5 Å². The predicted octanol–water partition coefficient (Wildman–Crippen LogP) is 5.58. The van der Waals surface area contributed by atoms with Crippen LogP contribution in [-0.2, 0) is 33.6 Å². The fourth-order valence-electron chi connectivity index (χ4n) is 4.72. The molecular formula is C32H46N2O4. The lowest BCUT2D eigenvalue weighted by Crippen LogP contribution is -2.54. The van der Waals surface area contributed by atoms with Crippen molar-refractivity contribution in [3.63, 3.8) is 0 Å². The summed E-state index contributed by atoms with van der Waals surface area (Å²) in [5, 5.41) is 15.4. The highest BCUT2D eigenvalue weighted by Gasteiger charge is 2.35. The zero-order valence-electron chi connectivity index (χ0n) is 23.8. The van der Waals surface area contributed by atoms with Crippen LogP contribution >= 0.6 is 0 Å². The van der Waals surface area contributed by atoms with E-state index in [1.165, 1.54) is 11.1 Å². The standard InChI is InChI=1S/C32H46N2O4/c1-6-7-13-27(31(37)38)22-26(29(35)34-28(30(36)33-5)32(2,3)4)21-20-25-18-16-24(17-19-25)15-14-23-11-9-8-10-12-23/h8-12,16-19,26-28H,6-7,13-15,20-22H2,1-5H3,(H,33,36)(H,34,35)(H,37,38)/t26-,27+,28-/m1/s1. The van der Waals surface area contributed by atoms with Crippen LogP contribution in [0.3, 0.4) is 0 Å². The Hall–Kier alpha value is -3.15. The van der Waals surface area contributed by atoms with E-state index in [0.717, 1.165) is 31.2 Å². The molecule has 0 heterocycles. The first-order chi connectivity index (χ1) is 18.0. The Morgan fingerprint density at radius 1 is 0.789 bits per heavy atom. The molecule has 2 aromatic carbocycles. The van der Waals surface area contributed by atoms with E-state index in [1.807, 2.05) is 33.8 Å². The van der Waals surface area contributed by atoms with Gasteiger partial charge in [0.2, 0.25) is 11.8 Å². The maximum Gasteiger partial charge on any atom is 0.306 e. The number of aliphatic carboxylic acids is 1. The number of likely N-dealkylation sites (N-methyl/N-ethyl adjacent to an activating group) is 1. The molecule has 2 amide bonds. The van der Waals surface area contributed by atoms with Gasteiger partial charge in [0.15, 0.2) is 0 Å². The summed E-state index contributed by atoms with van der Waals surface area (Å²) >= 11 is 0. The van der Waals surface area contributed by atoms with E-state index in [-0.39, 0.29) is 18.2 Å². The van der Waals surface area contributed by atoms with Gasteiger partial charge in [0, 0.05) is 13.0 Å². The fraction of sp³-hybridized carbons (Fsp3) is 0.531. The summed E-state index contributed by atoms with van der Waals surface area (Å²) in [5.74, 6) is -2.45. The van der Waals surface area contributed by atoms with Gasteiger partial charge in [-0.05, 0) is 60.6 Å². The maximum atomic E-state index is 13.5. The Morgan fingerprint density at radius 3 is 1.84 bits per heavy atom. The summed E-state index contributed by atoms with van der Waals surface area (Å²) < 4.78 is 0. The molecule has 208 valence electrons. The number of rotatable bonds is 15. The maximum absolute atomic E-state index is 13.5. The van der Waals surface area contributed by atoms with Gasteiger partial charge < -0.3 is 15.7 Å². The molecule has 3 atom stereocenters. The molecule has 6 nitrogen and oxygen atoms in total. The van der Waals surface area contributed by atoms with Crippen molar-refractivity contribution in [3.05, 3.63) is 71.3 Å². The first-order valence-electron chi connectivity index (χ1n) is 13.9. The average molecular weight is 523 g/mol. The van der Waals surface area contributed by atoms with E-state index in [1.54, 1.807) is 7.05 Å². The van der Waals surface area contributed by atoms with Crippen molar-refractivity contribution in [3.8, 4) is 0 Å². The largest absolute Gasteiger partial charge is 0.481 e. The summed E-state index contributed by atoms with van der Waals surface area (Å²) in [6, 6.07) is 18.2. The van der Waals surface area contributed by atoms with Crippen LogP contribution in [-0.4, -0.2) is 36.0 Å². The molecule has 2 aromatic rings. The highest BCUT2D eigenvalue weighted by Crippen LogP contribution is 2.26. The highest BCUT2D eigenvalue weighted by molar-refractivity contribution is 5.89. The summed E-state index contributed by atoms with van der Waals surface area (Å²) in [6.45, 7) is 7.75. The lowest BCUT2D eigenvalue weighted by molar-refractivity contribution is -0.143. The number of hydrogen-bond donors (Lipinski definition) is 3. The molecule has 0 fully saturated rings. The highest BCUT2D eigenvalue weighted by atomic mass is 16.4.